The molecule has 0 spiro atoms. The van der Waals surface area contributed by atoms with E-state index in [1.54, 1.807) is 44.4 Å². The van der Waals surface area contributed by atoms with Gasteiger partial charge in [-0.25, -0.2) is 0 Å². The van der Waals surface area contributed by atoms with E-state index in [2.05, 4.69) is 5.32 Å². The molecule has 0 heterocycles. The van der Waals surface area contributed by atoms with Crippen molar-refractivity contribution < 1.29 is 9.59 Å². The Hall–Kier alpha value is -1.75. The van der Waals surface area contributed by atoms with Crippen LogP contribution < -0.4 is 5.32 Å². The molecule has 4 nitrogen and oxygen atoms in total. The number of anilines is 1. The van der Waals surface area contributed by atoms with Crippen LogP contribution in [0.2, 0.25) is 15.1 Å². The molecule has 0 aliphatic carbocycles. The van der Waals surface area contributed by atoms with Crippen LogP contribution in [0, 0.1) is 0 Å². The summed E-state index contributed by atoms with van der Waals surface area (Å²) < 4.78 is 0. The molecule has 0 saturated carbocycles. The van der Waals surface area contributed by atoms with Crippen LogP contribution in [-0.2, 0) is 0 Å². The molecule has 0 atom stereocenters. The SMILES string of the molecule is CN(C)C(=O)c1ccc(Cl)c(NC(=O)c2cccc(Cl)c2Cl)c1. The van der Waals surface area contributed by atoms with Gasteiger partial charge in [0.25, 0.3) is 11.8 Å². The number of carbonyl (C=O) groups is 2. The maximum absolute atomic E-state index is 12.3. The zero-order valence-electron chi connectivity index (χ0n) is 12.4. The number of nitrogens with zero attached hydrogens (tertiary/aromatic N) is 1. The molecule has 0 fully saturated rings. The summed E-state index contributed by atoms with van der Waals surface area (Å²) in [5.41, 5.74) is 0.951. The standard InChI is InChI=1S/C16H13Cl3N2O2/c1-21(2)16(23)9-6-7-11(17)13(8-9)20-15(22)10-4-3-5-12(18)14(10)19/h3-8H,1-2H3,(H,20,22). The first kappa shape index (κ1) is 17.6. The van der Waals surface area contributed by atoms with Crippen molar-refractivity contribution in [2.45, 2.75) is 0 Å². The molecule has 0 aliphatic rings. The van der Waals surface area contributed by atoms with Gasteiger partial charge in [-0.05, 0) is 30.3 Å². The molecular weight excluding hydrogens is 359 g/mol. The summed E-state index contributed by atoms with van der Waals surface area (Å²) in [5.74, 6) is -0.660. The van der Waals surface area contributed by atoms with Crippen LogP contribution >= 0.6 is 34.8 Å². The van der Waals surface area contributed by atoms with Crippen molar-refractivity contribution in [1.29, 1.82) is 0 Å². The third-order valence-corrected chi connectivity index (χ3v) is 4.21. The fourth-order valence-corrected chi connectivity index (χ4v) is 2.43. The van der Waals surface area contributed by atoms with E-state index in [4.69, 9.17) is 34.8 Å². The van der Waals surface area contributed by atoms with E-state index >= 15 is 0 Å². The van der Waals surface area contributed by atoms with Crippen molar-refractivity contribution in [2.24, 2.45) is 0 Å². The van der Waals surface area contributed by atoms with Gasteiger partial charge >= 0.3 is 0 Å². The highest BCUT2D eigenvalue weighted by atomic mass is 35.5. The number of halogens is 3. The Kier molecular flexibility index (Phi) is 5.52. The topological polar surface area (TPSA) is 49.4 Å². The van der Waals surface area contributed by atoms with Crippen molar-refractivity contribution in [3.63, 3.8) is 0 Å². The van der Waals surface area contributed by atoms with Gasteiger partial charge in [0.15, 0.2) is 0 Å². The summed E-state index contributed by atoms with van der Waals surface area (Å²) in [5, 5.41) is 3.39. The average Bonchev–Trinajstić information content (AvgIpc) is 2.51. The highest BCUT2D eigenvalue weighted by Gasteiger charge is 2.16. The van der Waals surface area contributed by atoms with Gasteiger partial charge in [0, 0.05) is 19.7 Å². The lowest BCUT2D eigenvalue weighted by atomic mass is 10.1. The number of nitrogens with one attached hydrogen (secondary N) is 1. The lowest BCUT2D eigenvalue weighted by Gasteiger charge is -2.13. The lowest BCUT2D eigenvalue weighted by Crippen LogP contribution is -2.22. The Labute approximate surface area is 148 Å². The van der Waals surface area contributed by atoms with Crippen molar-refractivity contribution in [2.75, 3.05) is 19.4 Å². The van der Waals surface area contributed by atoms with Gasteiger partial charge < -0.3 is 10.2 Å². The summed E-state index contributed by atoms with van der Waals surface area (Å²) in [6, 6.07) is 9.41. The summed E-state index contributed by atoms with van der Waals surface area (Å²) in [7, 11) is 3.28. The van der Waals surface area contributed by atoms with Crippen LogP contribution in [-0.4, -0.2) is 30.8 Å². The van der Waals surface area contributed by atoms with Gasteiger partial charge in [-0.15, -0.1) is 0 Å². The van der Waals surface area contributed by atoms with Crippen molar-refractivity contribution >= 4 is 52.3 Å². The van der Waals surface area contributed by atoms with Gasteiger partial charge in [0.2, 0.25) is 0 Å². The second kappa shape index (κ2) is 7.21. The van der Waals surface area contributed by atoms with Gasteiger partial charge in [0.1, 0.15) is 0 Å². The Bertz CT molecular complexity index is 776. The Morgan fingerprint density at radius 1 is 1.00 bits per heavy atom. The van der Waals surface area contributed by atoms with Crippen LogP contribution in [0.1, 0.15) is 20.7 Å². The number of amides is 2. The molecule has 2 amide bonds. The highest BCUT2D eigenvalue weighted by Crippen LogP contribution is 2.28. The summed E-state index contributed by atoms with van der Waals surface area (Å²) in [6.45, 7) is 0. The molecule has 120 valence electrons. The van der Waals surface area contributed by atoms with Crippen molar-refractivity contribution in [1.82, 2.24) is 4.90 Å². The first-order valence-corrected chi connectivity index (χ1v) is 7.71. The zero-order chi connectivity index (χ0) is 17.1. The summed E-state index contributed by atoms with van der Waals surface area (Å²) >= 11 is 18.0. The van der Waals surface area contributed by atoms with Crippen LogP contribution in [0.15, 0.2) is 36.4 Å². The van der Waals surface area contributed by atoms with E-state index < -0.39 is 5.91 Å². The predicted octanol–water partition coefficient (Wildman–Crippen LogP) is 4.60. The quantitative estimate of drug-likeness (QED) is 0.857. The molecule has 2 rings (SSSR count). The van der Waals surface area contributed by atoms with Gasteiger partial charge in [-0.3, -0.25) is 9.59 Å². The minimum Gasteiger partial charge on any atom is -0.345 e. The van der Waals surface area contributed by atoms with E-state index in [0.717, 1.165) is 0 Å². The van der Waals surface area contributed by atoms with Crippen LogP contribution in [0.5, 0.6) is 0 Å². The number of benzene rings is 2. The molecule has 0 bridgehead atoms. The fourth-order valence-electron chi connectivity index (χ4n) is 1.88. The number of hydrogen-bond donors (Lipinski definition) is 1. The van der Waals surface area contributed by atoms with E-state index in [0.29, 0.717) is 16.3 Å². The minimum absolute atomic E-state index is 0.156. The number of carbonyl (C=O) groups excluding carboxylic acids is 2. The fraction of sp³-hybridized carbons (Fsp3) is 0.125. The summed E-state index contributed by atoms with van der Waals surface area (Å²) in [4.78, 5) is 25.8. The van der Waals surface area contributed by atoms with Crippen molar-refractivity contribution in [3.8, 4) is 0 Å². The third kappa shape index (κ3) is 3.96. The first-order valence-electron chi connectivity index (χ1n) is 6.58. The molecule has 2 aromatic carbocycles. The van der Waals surface area contributed by atoms with Gasteiger partial charge in [-0.1, -0.05) is 40.9 Å². The Balaban J connectivity index is 2.32. The average molecular weight is 372 g/mol. The number of rotatable bonds is 3. The van der Waals surface area contributed by atoms with E-state index in [9.17, 15) is 9.59 Å². The summed E-state index contributed by atoms with van der Waals surface area (Å²) in [6.07, 6.45) is 0. The van der Waals surface area contributed by atoms with E-state index in [1.807, 2.05) is 0 Å². The molecule has 7 heteroatoms. The Morgan fingerprint density at radius 3 is 2.35 bits per heavy atom. The second-order valence-electron chi connectivity index (χ2n) is 4.95. The maximum Gasteiger partial charge on any atom is 0.257 e. The predicted molar refractivity (Wildman–Crippen MR) is 93.9 cm³/mol. The Morgan fingerprint density at radius 2 is 1.70 bits per heavy atom. The van der Waals surface area contributed by atoms with Crippen molar-refractivity contribution in [3.05, 3.63) is 62.6 Å². The second-order valence-corrected chi connectivity index (χ2v) is 6.14. The molecule has 2 aromatic rings. The minimum atomic E-state index is -0.464. The largest absolute Gasteiger partial charge is 0.345 e. The monoisotopic (exact) mass is 370 g/mol. The molecule has 0 saturated heterocycles. The molecule has 0 aliphatic heterocycles. The van der Waals surface area contributed by atoms with Crippen LogP contribution in [0.25, 0.3) is 0 Å². The smallest absolute Gasteiger partial charge is 0.257 e. The maximum atomic E-state index is 12.3. The highest BCUT2D eigenvalue weighted by molar-refractivity contribution is 6.44. The lowest BCUT2D eigenvalue weighted by molar-refractivity contribution is 0.0827. The molecule has 1 N–H and O–H groups in total. The van der Waals surface area contributed by atoms with Crippen LogP contribution in [0.4, 0.5) is 5.69 Å². The molecule has 0 unspecified atom stereocenters. The molecule has 23 heavy (non-hydrogen) atoms. The normalized spacial score (nSPS) is 10.3. The van der Waals surface area contributed by atoms with Gasteiger partial charge in [-0.2, -0.15) is 0 Å². The van der Waals surface area contributed by atoms with Crippen LogP contribution in [0.3, 0.4) is 0 Å². The van der Waals surface area contributed by atoms with E-state index in [-0.39, 0.29) is 21.5 Å². The number of hydrogen-bond acceptors (Lipinski definition) is 2. The van der Waals surface area contributed by atoms with Gasteiger partial charge in [0.05, 0.1) is 26.3 Å². The molecule has 0 radical (unpaired) electrons. The van der Waals surface area contributed by atoms with E-state index in [1.165, 1.54) is 11.0 Å². The first-order chi connectivity index (χ1) is 10.8. The molecule has 0 aromatic heterocycles. The third-order valence-electron chi connectivity index (χ3n) is 3.06. The zero-order valence-corrected chi connectivity index (χ0v) is 14.6. The molecular formula is C16H13Cl3N2O2.